The molecule has 0 spiro atoms. The Morgan fingerprint density at radius 3 is 2.47 bits per heavy atom. The molecule has 2 aromatic carbocycles. The molecular weight excluding hydrogens is 448 g/mol. The number of nitrogens with one attached hydrogen (secondary N) is 1. The highest BCUT2D eigenvalue weighted by Gasteiger charge is 2.32. The highest BCUT2D eigenvalue weighted by atomic mass is 32.2. The van der Waals surface area contributed by atoms with Crippen molar-refractivity contribution in [3.8, 4) is 11.3 Å². The van der Waals surface area contributed by atoms with Gasteiger partial charge in [0.1, 0.15) is 0 Å². The van der Waals surface area contributed by atoms with Crippen LogP contribution >= 0.6 is 0 Å². The Morgan fingerprint density at radius 2 is 1.79 bits per heavy atom. The maximum absolute atomic E-state index is 13.3. The lowest BCUT2D eigenvalue weighted by Gasteiger charge is -2.12. The molecule has 1 aliphatic heterocycles. The van der Waals surface area contributed by atoms with E-state index in [9.17, 15) is 13.2 Å². The third-order valence-corrected chi connectivity index (χ3v) is 8.00. The SMILES string of the molecule is Cc1nn([C@@H]2CCS(=O)(=O)C2)c2nc(-c3ccccc3)cc(C(=O)NCCc3ccccc3)c12. The lowest BCUT2D eigenvalue weighted by molar-refractivity contribution is 0.0955. The number of carbonyl (C=O) groups is 1. The van der Waals surface area contributed by atoms with E-state index in [4.69, 9.17) is 4.98 Å². The minimum atomic E-state index is -3.10. The fourth-order valence-electron chi connectivity index (χ4n) is 4.53. The Hall–Kier alpha value is -3.52. The molecule has 5 rings (SSSR count). The smallest absolute Gasteiger partial charge is 0.252 e. The first-order chi connectivity index (χ1) is 16.4. The minimum Gasteiger partial charge on any atom is -0.352 e. The molecule has 0 radical (unpaired) electrons. The van der Waals surface area contributed by atoms with E-state index in [1.165, 1.54) is 0 Å². The fourth-order valence-corrected chi connectivity index (χ4v) is 6.22. The summed E-state index contributed by atoms with van der Waals surface area (Å²) >= 11 is 0. The van der Waals surface area contributed by atoms with E-state index >= 15 is 0 Å². The first-order valence-electron chi connectivity index (χ1n) is 11.4. The summed E-state index contributed by atoms with van der Waals surface area (Å²) < 4.78 is 26.0. The summed E-state index contributed by atoms with van der Waals surface area (Å²) in [5.74, 6) is -0.00952. The monoisotopic (exact) mass is 474 g/mol. The van der Waals surface area contributed by atoms with Crippen molar-refractivity contribution in [2.24, 2.45) is 0 Å². The van der Waals surface area contributed by atoms with Crippen LogP contribution in [0, 0.1) is 6.92 Å². The van der Waals surface area contributed by atoms with Gasteiger partial charge < -0.3 is 5.32 Å². The number of hydrogen-bond donors (Lipinski definition) is 1. The summed E-state index contributed by atoms with van der Waals surface area (Å²) in [6, 6.07) is 21.2. The van der Waals surface area contributed by atoms with Gasteiger partial charge in [-0.15, -0.1) is 0 Å². The predicted molar refractivity (Wildman–Crippen MR) is 132 cm³/mol. The van der Waals surface area contributed by atoms with Crippen LogP contribution in [0.15, 0.2) is 66.7 Å². The van der Waals surface area contributed by atoms with Crippen molar-refractivity contribution in [2.45, 2.75) is 25.8 Å². The van der Waals surface area contributed by atoms with Crippen LogP contribution in [0.1, 0.15) is 34.1 Å². The van der Waals surface area contributed by atoms with Crippen LogP contribution in [0.3, 0.4) is 0 Å². The van der Waals surface area contributed by atoms with Gasteiger partial charge in [0.2, 0.25) is 0 Å². The number of benzene rings is 2. The third kappa shape index (κ3) is 4.46. The normalized spacial score (nSPS) is 17.1. The quantitative estimate of drug-likeness (QED) is 0.459. The molecule has 2 aromatic heterocycles. The molecule has 4 aromatic rings. The number of aromatic nitrogens is 3. The van der Waals surface area contributed by atoms with Crippen molar-refractivity contribution in [1.29, 1.82) is 0 Å². The average Bonchev–Trinajstić information content (AvgIpc) is 3.38. The van der Waals surface area contributed by atoms with Crippen LogP contribution in [-0.4, -0.2) is 47.1 Å². The Kier molecular flexibility index (Phi) is 5.91. The molecule has 1 saturated heterocycles. The molecule has 174 valence electrons. The Bertz CT molecular complexity index is 1450. The Balaban J connectivity index is 1.55. The summed E-state index contributed by atoms with van der Waals surface area (Å²) in [5.41, 5.74) is 4.41. The first kappa shape index (κ1) is 22.3. The largest absolute Gasteiger partial charge is 0.352 e. The molecule has 1 N–H and O–H groups in total. The molecule has 0 aliphatic carbocycles. The second-order valence-electron chi connectivity index (χ2n) is 8.70. The maximum atomic E-state index is 13.3. The maximum Gasteiger partial charge on any atom is 0.252 e. The van der Waals surface area contributed by atoms with E-state index in [0.29, 0.717) is 41.0 Å². The van der Waals surface area contributed by atoms with Gasteiger partial charge in [0.25, 0.3) is 5.91 Å². The molecule has 0 saturated carbocycles. The van der Waals surface area contributed by atoms with Crippen molar-refractivity contribution in [1.82, 2.24) is 20.1 Å². The van der Waals surface area contributed by atoms with Crippen LogP contribution in [0.4, 0.5) is 0 Å². The van der Waals surface area contributed by atoms with Gasteiger partial charge in [-0.1, -0.05) is 60.7 Å². The van der Waals surface area contributed by atoms with E-state index < -0.39 is 9.84 Å². The standard InChI is InChI=1S/C26H26N4O3S/c1-18-24-22(26(31)27-14-12-19-8-4-2-5-9-19)16-23(20-10-6-3-7-11-20)28-25(24)30(29-18)21-13-15-34(32,33)17-21/h2-11,16,21H,12-15,17H2,1H3,(H,27,31)/t21-/m1/s1. The van der Waals surface area contributed by atoms with Gasteiger partial charge in [0, 0.05) is 12.1 Å². The summed E-state index contributed by atoms with van der Waals surface area (Å²) in [5, 5.41) is 8.36. The zero-order chi connectivity index (χ0) is 23.7. The van der Waals surface area contributed by atoms with Gasteiger partial charge in [-0.25, -0.2) is 18.1 Å². The van der Waals surface area contributed by atoms with Crippen molar-refractivity contribution >= 4 is 26.8 Å². The summed E-state index contributed by atoms with van der Waals surface area (Å²) in [6.07, 6.45) is 1.22. The van der Waals surface area contributed by atoms with E-state index in [0.717, 1.165) is 17.5 Å². The number of aryl methyl sites for hydroxylation is 1. The second-order valence-corrected chi connectivity index (χ2v) is 10.9. The number of carbonyl (C=O) groups excluding carboxylic acids is 1. The van der Waals surface area contributed by atoms with Crippen LogP contribution in [0.25, 0.3) is 22.3 Å². The predicted octanol–water partition coefficient (Wildman–Crippen LogP) is 3.74. The zero-order valence-electron chi connectivity index (χ0n) is 18.9. The van der Waals surface area contributed by atoms with E-state index in [1.54, 1.807) is 10.7 Å². The molecule has 7 nitrogen and oxygen atoms in total. The molecule has 3 heterocycles. The minimum absolute atomic E-state index is 0.0407. The fraction of sp³-hybridized carbons (Fsp3) is 0.269. The van der Waals surface area contributed by atoms with Gasteiger partial charge in [0.15, 0.2) is 15.5 Å². The molecule has 1 amide bonds. The van der Waals surface area contributed by atoms with Crippen LogP contribution in [-0.2, 0) is 16.3 Å². The van der Waals surface area contributed by atoms with Gasteiger partial charge in [-0.3, -0.25) is 4.79 Å². The molecule has 0 unspecified atom stereocenters. The Labute approximate surface area is 198 Å². The number of sulfone groups is 1. The average molecular weight is 475 g/mol. The van der Waals surface area contributed by atoms with Crippen molar-refractivity contribution in [2.75, 3.05) is 18.1 Å². The van der Waals surface area contributed by atoms with Crippen molar-refractivity contribution < 1.29 is 13.2 Å². The van der Waals surface area contributed by atoms with E-state index in [2.05, 4.69) is 10.4 Å². The molecular formula is C26H26N4O3S. The second kappa shape index (κ2) is 9.02. The van der Waals surface area contributed by atoms with E-state index in [-0.39, 0.29) is 23.5 Å². The molecule has 34 heavy (non-hydrogen) atoms. The Morgan fingerprint density at radius 1 is 1.09 bits per heavy atom. The van der Waals surface area contributed by atoms with Crippen LogP contribution in [0.5, 0.6) is 0 Å². The van der Waals surface area contributed by atoms with Crippen LogP contribution in [0.2, 0.25) is 0 Å². The lowest BCUT2D eigenvalue weighted by Crippen LogP contribution is -2.26. The lowest BCUT2D eigenvalue weighted by atomic mass is 10.0. The number of pyridine rings is 1. The zero-order valence-corrected chi connectivity index (χ0v) is 19.8. The highest BCUT2D eigenvalue weighted by molar-refractivity contribution is 7.91. The van der Waals surface area contributed by atoms with Crippen molar-refractivity contribution in [3.05, 3.63) is 83.6 Å². The summed E-state index contributed by atoms with van der Waals surface area (Å²) in [6.45, 7) is 2.34. The number of amides is 1. The third-order valence-electron chi connectivity index (χ3n) is 6.25. The first-order valence-corrected chi connectivity index (χ1v) is 13.2. The molecule has 8 heteroatoms. The van der Waals surface area contributed by atoms with E-state index in [1.807, 2.05) is 67.6 Å². The topological polar surface area (TPSA) is 93.9 Å². The van der Waals surface area contributed by atoms with Crippen LogP contribution < -0.4 is 5.32 Å². The van der Waals surface area contributed by atoms with Gasteiger partial charge in [0.05, 0.1) is 39.9 Å². The molecule has 0 bridgehead atoms. The number of hydrogen-bond acceptors (Lipinski definition) is 5. The van der Waals surface area contributed by atoms with Gasteiger partial charge in [-0.05, 0) is 31.4 Å². The number of nitrogens with zero attached hydrogens (tertiary/aromatic N) is 3. The number of fused-ring (bicyclic) bond motifs is 1. The number of rotatable bonds is 6. The molecule has 1 aliphatic rings. The highest BCUT2D eigenvalue weighted by Crippen LogP contribution is 2.32. The summed E-state index contributed by atoms with van der Waals surface area (Å²) in [7, 11) is -3.10. The molecule has 1 fully saturated rings. The van der Waals surface area contributed by atoms with Crippen molar-refractivity contribution in [3.63, 3.8) is 0 Å². The van der Waals surface area contributed by atoms with Gasteiger partial charge in [-0.2, -0.15) is 5.10 Å². The summed E-state index contributed by atoms with van der Waals surface area (Å²) in [4.78, 5) is 18.2. The van der Waals surface area contributed by atoms with Gasteiger partial charge >= 0.3 is 0 Å². The molecule has 1 atom stereocenters.